The van der Waals surface area contributed by atoms with E-state index in [4.69, 9.17) is 4.84 Å². The lowest BCUT2D eigenvalue weighted by Gasteiger charge is -2.35. The molecule has 1 aromatic carbocycles. The molecule has 138 valence electrons. The summed E-state index contributed by atoms with van der Waals surface area (Å²) in [4.78, 5) is 14.7. The summed E-state index contributed by atoms with van der Waals surface area (Å²) in [6.07, 6.45) is 4.68. The van der Waals surface area contributed by atoms with Gasteiger partial charge in [-0.25, -0.2) is 9.50 Å². The number of fused-ring (bicyclic) bond motifs is 1. The summed E-state index contributed by atoms with van der Waals surface area (Å²) >= 11 is 0. The summed E-state index contributed by atoms with van der Waals surface area (Å²) in [5.74, 6) is 1.01. The third kappa shape index (κ3) is 3.38. The van der Waals surface area contributed by atoms with Crippen molar-refractivity contribution in [3.63, 3.8) is 0 Å². The van der Waals surface area contributed by atoms with Gasteiger partial charge in [-0.05, 0) is 17.7 Å². The van der Waals surface area contributed by atoms with Crippen molar-refractivity contribution >= 4 is 17.2 Å². The molecule has 0 radical (unpaired) electrons. The van der Waals surface area contributed by atoms with E-state index in [1.807, 2.05) is 35.0 Å². The Balaban J connectivity index is 1.15. The lowest BCUT2D eigenvalue weighted by molar-refractivity contribution is 0.0510. The Kier molecular flexibility index (Phi) is 4.21. The van der Waals surface area contributed by atoms with Crippen LogP contribution in [0.3, 0.4) is 0 Å². The average molecular weight is 362 g/mol. The van der Waals surface area contributed by atoms with Crippen molar-refractivity contribution < 1.29 is 4.84 Å². The molecule has 7 heteroatoms. The molecule has 27 heavy (non-hydrogen) atoms. The van der Waals surface area contributed by atoms with Gasteiger partial charge >= 0.3 is 0 Å². The molecular weight excluding hydrogens is 340 g/mol. The van der Waals surface area contributed by atoms with Gasteiger partial charge in [-0.15, -0.1) is 5.10 Å². The summed E-state index contributed by atoms with van der Waals surface area (Å²) in [6.45, 7) is 4.86. The maximum Gasteiger partial charge on any atom is 0.153 e. The fourth-order valence-electron chi connectivity index (χ4n) is 3.75. The summed E-state index contributed by atoms with van der Waals surface area (Å²) in [6, 6.07) is 14.4. The van der Waals surface area contributed by atoms with E-state index < -0.39 is 0 Å². The second kappa shape index (κ2) is 7.00. The van der Waals surface area contributed by atoms with Crippen LogP contribution in [-0.4, -0.2) is 64.0 Å². The third-order valence-corrected chi connectivity index (χ3v) is 5.24. The Morgan fingerprint density at radius 3 is 2.70 bits per heavy atom. The predicted octanol–water partition coefficient (Wildman–Crippen LogP) is 2.04. The molecule has 0 aliphatic carbocycles. The van der Waals surface area contributed by atoms with Gasteiger partial charge < -0.3 is 9.74 Å². The predicted molar refractivity (Wildman–Crippen MR) is 104 cm³/mol. The van der Waals surface area contributed by atoms with Crippen LogP contribution in [0.15, 0.2) is 60.0 Å². The van der Waals surface area contributed by atoms with Gasteiger partial charge in [-0.1, -0.05) is 35.5 Å². The monoisotopic (exact) mass is 362 g/mol. The van der Waals surface area contributed by atoms with Crippen LogP contribution in [-0.2, 0) is 4.84 Å². The minimum absolute atomic E-state index is 0.146. The minimum atomic E-state index is 0.146. The van der Waals surface area contributed by atoms with Crippen LogP contribution in [0.2, 0.25) is 0 Å². The number of hydrogen-bond donors (Lipinski definition) is 0. The first-order chi connectivity index (χ1) is 13.3. The highest BCUT2D eigenvalue weighted by Gasteiger charge is 2.26. The molecule has 4 heterocycles. The quantitative estimate of drug-likeness (QED) is 0.711. The van der Waals surface area contributed by atoms with Crippen molar-refractivity contribution in [3.8, 4) is 0 Å². The van der Waals surface area contributed by atoms with Crippen LogP contribution in [0, 0.1) is 0 Å². The number of rotatable bonds is 4. The first kappa shape index (κ1) is 16.3. The number of oxime groups is 1. The Morgan fingerprint density at radius 1 is 1.00 bits per heavy atom. The molecule has 2 aliphatic heterocycles. The molecule has 7 nitrogen and oxygen atoms in total. The Bertz CT molecular complexity index is 945. The number of benzene rings is 1. The molecule has 2 aliphatic rings. The van der Waals surface area contributed by atoms with Gasteiger partial charge in [-0.3, -0.25) is 4.90 Å². The number of anilines is 1. The van der Waals surface area contributed by atoms with Gasteiger partial charge in [0, 0.05) is 51.5 Å². The van der Waals surface area contributed by atoms with Crippen LogP contribution in [0.25, 0.3) is 5.65 Å². The Labute approximate surface area is 157 Å². The zero-order valence-corrected chi connectivity index (χ0v) is 15.1. The van der Waals surface area contributed by atoms with Crippen molar-refractivity contribution in [2.24, 2.45) is 5.16 Å². The van der Waals surface area contributed by atoms with E-state index in [0.29, 0.717) is 0 Å². The Hall–Kier alpha value is -2.93. The van der Waals surface area contributed by atoms with Crippen molar-refractivity contribution in [1.82, 2.24) is 19.5 Å². The fourth-order valence-corrected chi connectivity index (χ4v) is 3.75. The summed E-state index contributed by atoms with van der Waals surface area (Å²) in [5, 5.41) is 8.95. The molecule has 0 saturated carbocycles. The molecule has 5 rings (SSSR count). The second-order valence-electron chi connectivity index (χ2n) is 7.04. The van der Waals surface area contributed by atoms with Gasteiger partial charge in [0.1, 0.15) is 11.9 Å². The van der Waals surface area contributed by atoms with Crippen molar-refractivity contribution in [3.05, 3.63) is 60.4 Å². The summed E-state index contributed by atoms with van der Waals surface area (Å²) in [7, 11) is 0. The molecule has 1 atom stereocenters. The van der Waals surface area contributed by atoms with Crippen LogP contribution >= 0.6 is 0 Å². The molecule has 0 spiro atoms. The van der Waals surface area contributed by atoms with Gasteiger partial charge in [0.05, 0.1) is 5.71 Å². The number of piperazine rings is 1. The SMILES string of the molecule is c1ccc(C2=NO[C@@H](CN3CCN(c4ccc5nccn5n4)CC3)C2)cc1. The number of aromatic nitrogens is 3. The van der Waals surface area contributed by atoms with Crippen LogP contribution in [0.4, 0.5) is 5.82 Å². The van der Waals surface area contributed by atoms with Gasteiger partial charge in [0.2, 0.25) is 0 Å². The van der Waals surface area contributed by atoms with Gasteiger partial charge in [0.15, 0.2) is 5.65 Å². The highest BCUT2D eigenvalue weighted by atomic mass is 16.6. The highest BCUT2D eigenvalue weighted by molar-refractivity contribution is 6.01. The van der Waals surface area contributed by atoms with E-state index in [2.05, 4.69) is 43.2 Å². The normalized spacial score (nSPS) is 20.7. The van der Waals surface area contributed by atoms with Crippen LogP contribution < -0.4 is 4.90 Å². The van der Waals surface area contributed by atoms with Crippen LogP contribution in [0.5, 0.6) is 0 Å². The van der Waals surface area contributed by atoms with E-state index in [0.717, 1.165) is 61.9 Å². The first-order valence-electron chi connectivity index (χ1n) is 9.41. The van der Waals surface area contributed by atoms with E-state index in [1.54, 1.807) is 6.20 Å². The number of nitrogens with zero attached hydrogens (tertiary/aromatic N) is 6. The maximum absolute atomic E-state index is 5.68. The molecule has 0 bridgehead atoms. The minimum Gasteiger partial charge on any atom is -0.390 e. The lowest BCUT2D eigenvalue weighted by atomic mass is 10.0. The Morgan fingerprint density at radius 2 is 1.85 bits per heavy atom. The van der Waals surface area contributed by atoms with Crippen molar-refractivity contribution in [2.75, 3.05) is 37.6 Å². The van der Waals surface area contributed by atoms with E-state index >= 15 is 0 Å². The van der Waals surface area contributed by atoms with Crippen molar-refractivity contribution in [2.45, 2.75) is 12.5 Å². The molecule has 1 saturated heterocycles. The molecule has 2 aromatic heterocycles. The fraction of sp³-hybridized carbons (Fsp3) is 0.350. The van der Waals surface area contributed by atoms with Crippen LogP contribution in [0.1, 0.15) is 12.0 Å². The highest BCUT2D eigenvalue weighted by Crippen LogP contribution is 2.19. The number of imidazole rings is 1. The molecule has 3 aromatic rings. The topological polar surface area (TPSA) is 58.3 Å². The second-order valence-corrected chi connectivity index (χ2v) is 7.04. The summed E-state index contributed by atoms with van der Waals surface area (Å²) < 4.78 is 1.83. The van der Waals surface area contributed by atoms with E-state index in [1.165, 1.54) is 0 Å². The largest absolute Gasteiger partial charge is 0.390 e. The molecule has 0 unspecified atom stereocenters. The van der Waals surface area contributed by atoms with E-state index in [9.17, 15) is 0 Å². The van der Waals surface area contributed by atoms with Gasteiger partial charge in [-0.2, -0.15) is 0 Å². The molecular formula is C20H22N6O. The van der Waals surface area contributed by atoms with Crippen molar-refractivity contribution in [1.29, 1.82) is 0 Å². The maximum atomic E-state index is 5.68. The number of hydrogen-bond acceptors (Lipinski definition) is 6. The molecule has 1 fully saturated rings. The average Bonchev–Trinajstić information content (AvgIpc) is 3.38. The lowest BCUT2D eigenvalue weighted by Crippen LogP contribution is -2.49. The zero-order valence-electron chi connectivity index (χ0n) is 15.1. The first-order valence-corrected chi connectivity index (χ1v) is 9.41. The van der Waals surface area contributed by atoms with Gasteiger partial charge in [0.25, 0.3) is 0 Å². The standard InChI is InChI=1S/C20H22N6O/c1-2-4-16(5-3-1)18-14-17(27-23-18)15-24-10-12-25(13-11-24)20-7-6-19-21-8-9-26(19)22-20/h1-9,17H,10-15H2/t17-/m1/s1. The smallest absolute Gasteiger partial charge is 0.153 e. The molecule has 0 amide bonds. The zero-order chi connectivity index (χ0) is 18.1. The molecule has 0 N–H and O–H groups in total. The summed E-state index contributed by atoms with van der Waals surface area (Å²) in [5.41, 5.74) is 3.09. The third-order valence-electron chi connectivity index (χ3n) is 5.24. The van der Waals surface area contributed by atoms with E-state index in [-0.39, 0.29) is 6.10 Å².